The lowest BCUT2D eigenvalue weighted by Gasteiger charge is -2.20. The molecule has 3 atom stereocenters. The number of rotatable bonds is 40. The standard InChI is InChI=1S/C42H78NO9P/c1-3-5-7-9-11-13-15-17-19-21-23-25-27-29-31-33-35-49-36-39(37-50-53(47,48)51-38-40(43)42(45)46)52-41(44)34-32-30-28-26-24-22-20-18-16-14-12-10-8-6-4-2/h11,13,17-20,39-40H,3-10,12,14-16,21-38,43H2,1-2H3,(H,45,46)(H,47,48)/b13-11-,19-17-,20-18-. The lowest BCUT2D eigenvalue weighted by atomic mass is 10.1. The summed E-state index contributed by atoms with van der Waals surface area (Å²) in [6.45, 7) is 3.81. The molecular weight excluding hydrogens is 693 g/mol. The minimum absolute atomic E-state index is 0.00696. The number of carboxylic acids is 1. The minimum atomic E-state index is -4.62. The molecule has 0 bridgehead atoms. The zero-order chi connectivity index (χ0) is 39.1. The summed E-state index contributed by atoms with van der Waals surface area (Å²) < 4.78 is 33.3. The quantitative estimate of drug-likeness (QED) is 0.0237. The normalized spacial score (nSPS) is 14.3. The number of esters is 1. The molecule has 0 fully saturated rings. The highest BCUT2D eigenvalue weighted by Gasteiger charge is 2.27. The molecule has 0 heterocycles. The monoisotopic (exact) mass is 772 g/mol. The number of carboxylic acid groups (broad SMARTS) is 1. The van der Waals surface area contributed by atoms with Gasteiger partial charge in [-0.3, -0.25) is 18.6 Å². The number of nitrogens with two attached hydrogens (primary N) is 1. The molecule has 0 rings (SSSR count). The number of hydrogen-bond acceptors (Lipinski definition) is 8. The summed E-state index contributed by atoms with van der Waals surface area (Å²) in [6.07, 6.45) is 41.9. The van der Waals surface area contributed by atoms with Crippen molar-refractivity contribution in [3.05, 3.63) is 36.5 Å². The van der Waals surface area contributed by atoms with Gasteiger partial charge in [-0.25, -0.2) is 4.57 Å². The van der Waals surface area contributed by atoms with E-state index in [4.69, 9.17) is 29.4 Å². The fourth-order valence-electron chi connectivity index (χ4n) is 5.57. The number of carbonyl (C=O) groups excluding carboxylic acids is 1. The molecule has 0 aliphatic rings. The van der Waals surface area contributed by atoms with Crippen LogP contribution in [-0.2, 0) is 32.7 Å². The van der Waals surface area contributed by atoms with Gasteiger partial charge in [0, 0.05) is 13.0 Å². The largest absolute Gasteiger partial charge is 0.480 e. The number of allylic oxidation sites excluding steroid dienone is 6. The number of phosphoric acid groups is 1. The molecule has 0 amide bonds. The molecule has 0 aliphatic heterocycles. The SMILES string of the molecule is CCCCC/C=C\C/C=C\CCCCCCCCOCC(COP(=O)(O)OCC(N)C(=O)O)OC(=O)CCCCCCC/C=C\CCCCCCCC. The highest BCUT2D eigenvalue weighted by atomic mass is 31.2. The molecule has 0 aromatic heterocycles. The smallest absolute Gasteiger partial charge is 0.472 e. The van der Waals surface area contributed by atoms with Gasteiger partial charge in [-0.15, -0.1) is 0 Å². The molecule has 0 radical (unpaired) electrons. The predicted molar refractivity (Wildman–Crippen MR) is 217 cm³/mol. The van der Waals surface area contributed by atoms with Crippen molar-refractivity contribution in [1.29, 1.82) is 0 Å². The van der Waals surface area contributed by atoms with Crippen molar-refractivity contribution >= 4 is 19.8 Å². The van der Waals surface area contributed by atoms with Crippen LogP contribution in [0.15, 0.2) is 36.5 Å². The Morgan fingerprint density at radius 3 is 1.58 bits per heavy atom. The molecule has 0 aliphatic carbocycles. The summed E-state index contributed by atoms with van der Waals surface area (Å²) in [6, 6.07) is -1.48. The zero-order valence-corrected chi connectivity index (χ0v) is 34.5. The van der Waals surface area contributed by atoms with Crippen LogP contribution in [-0.4, -0.2) is 60.5 Å². The van der Waals surface area contributed by atoms with Crippen LogP contribution in [0.5, 0.6) is 0 Å². The first-order chi connectivity index (χ1) is 25.7. The Balaban J connectivity index is 4.29. The van der Waals surface area contributed by atoms with Crippen LogP contribution < -0.4 is 5.73 Å². The van der Waals surface area contributed by atoms with E-state index in [1.165, 1.54) is 89.9 Å². The average molecular weight is 772 g/mol. The van der Waals surface area contributed by atoms with Crippen molar-refractivity contribution < 1.29 is 42.7 Å². The zero-order valence-electron chi connectivity index (χ0n) is 33.6. The van der Waals surface area contributed by atoms with Gasteiger partial charge >= 0.3 is 19.8 Å². The van der Waals surface area contributed by atoms with Gasteiger partial charge in [0.05, 0.1) is 19.8 Å². The van der Waals surface area contributed by atoms with E-state index in [2.05, 4.69) is 50.3 Å². The number of ether oxygens (including phenoxy) is 2. The summed E-state index contributed by atoms with van der Waals surface area (Å²) in [5.41, 5.74) is 5.35. The third-order valence-electron chi connectivity index (χ3n) is 8.89. The fourth-order valence-corrected chi connectivity index (χ4v) is 6.35. The first-order valence-electron chi connectivity index (χ1n) is 21.0. The Labute approximate surface area is 323 Å². The Kier molecular flexibility index (Phi) is 37.2. The highest BCUT2D eigenvalue weighted by molar-refractivity contribution is 7.47. The van der Waals surface area contributed by atoms with Crippen LogP contribution >= 0.6 is 7.82 Å². The summed E-state index contributed by atoms with van der Waals surface area (Å²) >= 11 is 0. The van der Waals surface area contributed by atoms with Crippen LogP contribution in [0.3, 0.4) is 0 Å². The summed E-state index contributed by atoms with van der Waals surface area (Å²) in [4.78, 5) is 33.5. The van der Waals surface area contributed by atoms with Crippen LogP contribution in [0.25, 0.3) is 0 Å². The van der Waals surface area contributed by atoms with E-state index in [-0.39, 0.29) is 13.0 Å². The molecule has 3 unspecified atom stereocenters. The maximum absolute atomic E-state index is 12.6. The molecule has 310 valence electrons. The second-order valence-corrected chi connectivity index (χ2v) is 15.6. The van der Waals surface area contributed by atoms with Crippen molar-refractivity contribution in [3.63, 3.8) is 0 Å². The number of unbranched alkanes of at least 4 members (excludes halogenated alkanes) is 20. The van der Waals surface area contributed by atoms with E-state index in [1.807, 2.05) is 0 Å². The van der Waals surface area contributed by atoms with Crippen molar-refractivity contribution in [3.8, 4) is 0 Å². The van der Waals surface area contributed by atoms with Crippen molar-refractivity contribution in [2.45, 2.75) is 193 Å². The van der Waals surface area contributed by atoms with E-state index in [0.29, 0.717) is 13.0 Å². The van der Waals surface area contributed by atoms with Gasteiger partial charge in [0.15, 0.2) is 0 Å². The van der Waals surface area contributed by atoms with Gasteiger partial charge in [-0.2, -0.15) is 0 Å². The molecule has 11 heteroatoms. The average Bonchev–Trinajstić information content (AvgIpc) is 3.13. The van der Waals surface area contributed by atoms with Crippen LogP contribution in [0.1, 0.15) is 181 Å². The van der Waals surface area contributed by atoms with Gasteiger partial charge in [-0.05, 0) is 70.6 Å². The van der Waals surface area contributed by atoms with Crippen LogP contribution in [0, 0.1) is 0 Å². The lowest BCUT2D eigenvalue weighted by Crippen LogP contribution is -2.34. The number of aliphatic carboxylic acids is 1. The first-order valence-corrected chi connectivity index (χ1v) is 22.5. The van der Waals surface area contributed by atoms with E-state index in [0.717, 1.165) is 64.2 Å². The second kappa shape index (κ2) is 38.5. The Morgan fingerprint density at radius 1 is 0.604 bits per heavy atom. The molecule has 0 aromatic carbocycles. The molecule has 10 nitrogen and oxygen atoms in total. The van der Waals surface area contributed by atoms with Gasteiger partial charge in [-0.1, -0.05) is 140 Å². The van der Waals surface area contributed by atoms with Gasteiger partial charge in [0.25, 0.3) is 0 Å². The van der Waals surface area contributed by atoms with Crippen molar-refractivity contribution in [1.82, 2.24) is 0 Å². The Hall–Kier alpha value is -1.81. The molecule has 4 N–H and O–H groups in total. The van der Waals surface area contributed by atoms with Crippen molar-refractivity contribution in [2.24, 2.45) is 5.73 Å². The topological polar surface area (TPSA) is 155 Å². The molecule has 53 heavy (non-hydrogen) atoms. The van der Waals surface area contributed by atoms with E-state index < -0.39 is 45.1 Å². The predicted octanol–water partition coefficient (Wildman–Crippen LogP) is 11.3. The highest BCUT2D eigenvalue weighted by Crippen LogP contribution is 2.43. The Bertz CT molecular complexity index is 988. The number of phosphoric ester groups is 1. The Morgan fingerprint density at radius 2 is 1.04 bits per heavy atom. The van der Waals surface area contributed by atoms with Crippen LogP contribution in [0.2, 0.25) is 0 Å². The van der Waals surface area contributed by atoms with E-state index >= 15 is 0 Å². The molecule has 0 saturated heterocycles. The van der Waals surface area contributed by atoms with Gasteiger partial charge in [0.2, 0.25) is 0 Å². The maximum Gasteiger partial charge on any atom is 0.472 e. The third kappa shape index (κ3) is 38.3. The van der Waals surface area contributed by atoms with Gasteiger partial charge in [0.1, 0.15) is 12.1 Å². The number of carbonyl (C=O) groups is 2. The summed E-state index contributed by atoms with van der Waals surface area (Å²) in [5.74, 6) is -1.79. The molecule has 0 aromatic rings. The number of hydrogen-bond donors (Lipinski definition) is 3. The minimum Gasteiger partial charge on any atom is -0.480 e. The van der Waals surface area contributed by atoms with Crippen LogP contribution in [0.4, 0.5) is 0 Å². The summed E-state index contributed by atoms with van der Waals surface area (Å²) in [7, 11) is -4.62. The molecule has 0 spiro atoms. The van der Waals surface area contributed by atoms with E-state index in [1.54, 1.807) is 0 Å². The molecular formula is C42H78NO9P. The molecule has 0 saturated carbocycles. The summed E-state index contributed by atoms with van der Waals surface area (Å²) in [5, 5.41) is 8.88. The van der Waals surface area contributed by atoms with Gasteiger partial charge < -0.3 is 25.2 Å². The fraction of sp³-hybridized carbons (Fsp3) is 0.810. The maximum atomic E-state index is 12.6. The van der Waals surface area contributed by atoms with Crippen molar-refractivity contribution in [2.75, 3.05) is 26.4 Å². The lowest BCUT2D eigenvalue weighted by molar-refractivity contribution is -0.154. The third-order valence-corrected chi connectivity index (χ3v) is 9.84. The van der Waals surface area contributed by atoms with E-state index in [9.17, 15) is 19.0 Å². The first kappa shape index (κ1) is 51.2. The second-order valence-electron chi connectivity index (χ2n) is 14.1.